The standard InChI is InChI=1S/C14H13ClN4O/c15-10-3-1-2-4-11(10)17-14(20)12-7-8-13(19-18-12)16-9-5-6-9/h1-4,7-9H,5-6H2,(H,16,19)(H,17,20). The van der Waals surface area contributed by atoms with Crippen molar-refractivity contribution >= 4 is 29.0 Å². The summed E-state index contributed by atoms with van der Waals surface area (Å²) >= 11 is 5.98. The normalized spacial score (nSPS) is 13.8. The van der Waals surface area contributed by atoms with Gasteiger partial charge in [-0.25, -0.2) is 0 Å². The van der Waals surface area contributed by atoms with E-state index in [1.165, 1.54) is 0 Å². The fraction of sp³-hybridized carbons (Fsp3) is 0.214. The van der Waals surface area contributed by atoms with Crippen molar-refractivity contribution in [2.75, 3.05) is 10.6 Å². The predicted octanol–water partition coefficient (Wildman–Crippen LogP) is 2.96. The molecule has 0 spiro atoms. The van der Waals surface area contributed by atoms with Crippen molar-refractivity contribution in [3.63, 3.8) is 0 Å². The SMILES string of the molecule is O=C(Nc1ccccc1Cl)c1ccc(NC2CC2)nn1. The zero-order valence-corrected chi connectivity index (χ0v) is 11.4. The van der Waals surface area contributed by atoms with Crippen LogP contribution in [0.15, 0.2) is 36.4 Å². The van der Waals surface area contributed by atoms with Gasteiger partial charge in [-0.1, -0.05) is 23.7 Å². The summed E-state index contributed by atoms with van der Waals surface area (Å²) in [6, 6.07) is 11.0. The summed E-state index contributed by atoms with van der Waals surface area (Å²) in [5.41, 5.74) is 0.812. The summed E-state index contributed by atoms with van der Waals surface area (Å²) in [5.74, 6) is 0.366. The number of benzene rings is 1. The molecule has 0 bridgehead atoms. The Labute approximate surface area is 121 Å². The van der Waals surface area contributed by atoms with Gasteiger partial charge < -0.3 is 10.6 Å². The number of rotatable bonds is 4. The van der Waals surface area contributed by atoms with Crippen LogP contribution in [0.1, 0.15) is 23.3 Å². The molecule has 20 heavy (non-hydrogen) atoms. The smallest absolute Gasteiger partial charge is 0.276 e. The van der Waals surface area contributed by atoms with Gasteiger partial charge in [-0.15, -0.1) is 10.2 Å². The first kappa shape index (κ1) is 12.9. The summed E-state index contributed by atoms with van der Waals surface area (Å²) in [6.07, 6.45) is 2.33. The monoisotopic (exact) mass is 288 g/mol. The molecule has 0 aliphatic heterocycles. The summed E-state index contributed by atoms with van der Waals surface area (Å²) in [4.78, 5) is 12.0. The molecule has 1 saturated carbocycles. The molecule has 0 atom stereocenters. The number of nitrogens with zero attached hydrogens (tertiary/aromatic N) is 2. The third-order valence-electron chi connectivity index (χ3n) is 2.95. The molecule has 5 nitrogen and oxygen atoms in total. The number of amides is 1. The molecule has 1 amide bonds. The van der Waals surface area contributed by atoms with E-state index in [4.69, 9.17) is 11.6 Å². The van der Waals surface area contributed by atoms with Gasteiger partial charge in [-0.2, -0.15) is 0 Å². The van der Waals surface area contributed by atoms with Crippen LogP contribution in [0.5, 0.6) is 0 Å². The van der Waals surface area contributed by atoms with Crippen molar-refractivity contribution in [3.8, 4) is 0 Å². The minimum Gasteiger partial charge on any atom is -0.366 e. The Bertz CT molecular complexity index is 625. The van der Waals surface area contributed by atoms with Gasteiger partial charge in [0, 0.05) is 6.04 Å². The van der Waals surface area contributed by atoms with Crippen molar-refractivity contribution in [1.82, 2.24) is 10.2 Å². The van der Waals surface area contributed by atoms with Crippen LogP contribution in [0.2, 0.25) is 5.02 Å². The van der Waals surface area contributed by atoms with E-state index in [0.717, 1.165) is 12.8 Å². The van der Waals surface area contributed by atoms with Crippen LogP contribution in [0, 0.1) is 0 Å². The Morgan fingerprint density at radius 3 is 2.60 bits per heavy atom. The molecule has 2 aromatic rings. The van der Waals surface area contributed by atoms with Crippen LogP contribution in [-0.4, -0.2) is 22.1 Å². The lowest BCUT2D eigenvalue weighted by molar-refractivity contribution is 0.102. The lowest BCUT2D eigenvalue weighted by atomic mass is 10.3. The predicted molar refractivity (Wildman–Crippen MR) is 78.1 cm³/mol. The number of halogens is 1. The van der Waals surface area contributed by atoms with Crippen LogP contribution in [0.4, 0.5) is 11.5 Å². The second-order valence-electron chi connectivity index (χ2n) is 4.66. The van der Waals surface area contributed by atoms with Gasteiger partial charge in [0.15, 0.2) is 5.69 Å². The molecule has 0 radical (unpaired) electrons. The molecule has 0 unspecified atom stereocenters. The largest absolute Gasteiger partial charge is 0.366 e. The van der Waals surface area contributed by atoms with E-state index in [1.807, 2.05) is 0 Å². The Morgan fingerprint density at radius 1 is 1.15 bits per heavy atom. The fourth-order valence-electron chi connectivity index (χ4n) is 1.72. The number of hydrogen-bond donors (Lipinski definition) is 2. The Hall–Kier alpha value is -2.14. The van der Waals surface area contributed by atoms with Crippen LogP contribution in [-0.2, 0) is 0 Å². The van der Waals surface area contributed by atoms with Gasteiger partial charge in [0.05, 0.1) is 10.7 Å². The van der Waals surface area contributed by atoms with E-state index in [2.05, 4.69) is 20.8 Å². The van der Waals surface area contributed by atoms with Crippen molar-refractivity contribution in [3.05, 3.63) is 47.1 Å². The molecular formula is C14H13ClN4O. The van der Waals surface area contributed by atoms with Crippen molar-refractivity contribution in [2.45, 2.75) is 18.9 Å². The lowest BCUT2D eigenvalue weighted by Crippen LogP contribution is -2.15. The second-order valence-corrected chi connectivity index (χ2v) is 5.06. The molecule has 102 valence electrons. The maximum absolute atomic E-state index is 12.0. The molecule has 0 saturated heterocycles. The van der Waals surface area contributed by atoms with Crippen LogP contribution in [0.25, 0.3) is 0 Å². The topological polar surface area (TPSA) is 66.9 Å². The quantitative estimate of drug-likeness (QED) is 0.908. The second kappa shape index (κ2) is 5.46. The highest BCUT2D eigenvalue weighted by Gasteiger charge is 2.21. The third kappa shape index (κ3) is 3.05. The third-order valence-corrected chi connectivity index (χ3v) is 3.28. The van der Waals surface area contributed by atoms with E-state index in [-0.39, 0.29) is 11.6 Å². The summed E-state index contributed by atoms with van der Waals surface area (Å²) < 4.78 is 0. The molecule has 1 heterocycles. The number of para-hydroxylation sites is 1. The number of anilines is 2. The average Bonchev–Trinajstić information content (AvgIpc) is 3.26. The number of carbonyl (C=O) groups excluding carboxylic acids is 1. The number of hydrogen-bond acceptors (Lipinski definition) is 4. The molecule has 1 fully saturated rings. The summed E-state index contributed by atoms with van der Waals surface area (Å²) in [5, 5.41) is 14.3. The Kier molecular flexibility index (Phi) is 3.52. The molecule has 1 aliphatic carbocycles. The first-order chi connectivity index (χ1) is 9.72. The fourth-order valence-corrected chi connectivity index (χ4v) is 1.90. The molecule has 1 aromatic carbocycles. The van der Waals surface area contributed by atoms with Gasteiger partial charge in [-0.3, -0.25) is 4.79 Å². The van der Waals surface area contributed by atoms with E-state index < -0.39 is 0 Å². The molecule has 1 aromatic heterocycles. The first-order valence-electron chi connectivity index (χ1n) is 6.38. The van der Waals surface area contributed by atoms with E-state index >= 15 is 0 Å². The molecule has 2 N–H and O–H groups in total. The van der Waals surface area contributed by atoms with Crippen LogP contribution >= 0.6 is 11.6 Å². The molecular weight excluding hydrogens is 276 g/mol. The maximum Gasteiger partial charge on any atom is 0.276 e. The van der Waals surface area contributed by atoms with Gasteiger partial charge in [0.2, 0.25) is 0 Å². The highest BCUT2D eigenvalue weighted by molar-refractivity contribution is 6.33. The molecule has 1 aliphatic rings. The highest BCUT2D eigenvalue weighted by atomic mass is 35.5. The van der Waals surface area contributed by atoms with Crippen LogP contribution < -0.4 is 10.6 Å². The zero-order valence-electron chi connectivity index (χ0n) is 10.6. The minimum atomic E-state index is -0.330. The lowest BCUT2D eigenvalue weighted by Gasteiger charge is -2.07. The van der Waals surface area contributed by atoms with Gasteiger partial charge >= 0.3 is 0 Å². The number of carbonyl (C=O) groups is 1. The van der Waals surface area contributed by atoms with Crippen LogP contribution in [0.3, 0.4) is 0 Å². The van der Waals surface area contributed by atoms with Gasteiger partial charge in [0.1, 0.15) is 5.82 Å². The molecule has 3 rings (SSSR count). The minimum absolute atomic E-state index is 0.256. The number of aromatic nitrogens is 2. The maximum atomic E-state index is 12.0. The average molecular weight is 289 g/mol. The van der Waals surface area contributed by atoms with Gasteiger partial charge in [-0.05, 0) is 37.1 Å². The summed E-state index contributed by atoms with van der Waals surface area (Å²) in [6.45, 7) is 0. The van der Waals surface area contributed by atoms with E-state index in [9.17, 15) is 4.79 Å². The molecule has 6 heteroatoms. The van der Waals surface area contributed by atoms with E-state index in [0.29, 0.717) is 22.6 Å². The first-order valence-corrected chi connectivity index (χ1v) is 6.76. The number of nitrogens with one attached hydrogen (secondary N) is 2. The van der Waals surface area contributed by atoms with Crippen molar-refractivity contribution in [1.29, 1.82) is 0 Å². The highest BCUT2D eigenvalue weighted by Crippen LogP contribution is 2.23. The van der Waals surface area contributed by atoms with E-state index in [1.54, 1.807) is 36.4 Å². The van der Waals surface area contributed by atoms with Crippen molar-refractivity contribution < 1.29 is 4.79 Å². The summed E-state index contributed by atoms with van der Waals surface area (Å²) in [7, 11) is 0. The van der Waals surface area contributed by atoms with Crippen molar-refractivity contribution in [2.24, 2.45) is 0 Å². The zero-order chi connectivity index (χ0) is 13.9. The Morgan fingerprint density at radius 2 is 1.95 bits per heavy atom. The van der Waals surface area contributed by atoms with Gasteiger partial charge in [0.25, 0.3) is 5.91 Å². The Balaban J connectivity index is 1.68.